The molecule has 1 aromatic rings. The number of ether oxygens (including phenoxy) is 1. The van der Waals surface area contributed by atoms with Crippen LogP contribution in [0.1, 0.15) is 63.0 Å². The number of urea groups is 1. The van der Waals surface area contributed by atoms with Crippen molar-refractivity contribution in [1.82, 2.24) is 4.90 Å². The Bertz CT molecular complexity index is 718. The van der Waals surface area contributed by atoms with Gasteiger partial charge in [-0.3, -0.25) is 4.90 Å². The molecule has 2 fully saturated rings. The maximum Gasteiger partial charge on any atom is 0.329 e. The van der Waals surface area contributed by atoms with Crippen LogP contribution in [0, 0.1) is 19.8 Å². The second-order valence-electron chi connectivity index (χ2n) is 8.31. The summed E-state index contributed by atoms with van der Waals surface area (Å²) in [4.78, 5) is 27.9. The van der Waals surface area contributed by atoms with Crippen LogP contribution in [0.25, 0.3) is 0 Å². The van der Waals surface area contributed by atoms with Gasteiger partial charge in [0.2, 0.25) is 0 Å². The van der Waals surface area contributed by atoms with Crippen LogP contribution in [0.15, 0.2) is 18.2 Å². The zero-order valence-electron chi connectivity index (χ0n) is 17.9. The average Bonchev–Trinajstić information content (AvgIpc) is 3.16. The van der Waals surface area contributed by atoms with Crippen LogP contribution < -0.4 is 5.32 Å². The van der Waals surface area contributed by atoms with Gasteiger partial charge in [-0.1, -0.05) is 50.3 Å². The predicted molar refractivity (Wildman–Crippen MR) is 119 cm³/mol. The van der Waals surface area contributed by atoms with Crippen LogP contribution in [-0.2, 0) is 9.53 Å². The lowest BCUT2D eigenvalue weighted by molar-refractivity contribution is -0.148. The summed E-state index contributed by atoms with van der Waals surface area (Å²) in [5.74, 6) is 0.805. The van der Waals surface area contributed by atoms with Gasteiger partial charge in [0, 0.05) is 11.4 Å². The Kier molecular flexibility index (Phi) is 7.87. The number of hydrogen-bond acceptors (Lipinski definition) is 4. The maximum absolute atomic E-state index is 13.3. The first-order chi connectivity index (χ1) is 14.0. The molecule has 1 saturated heterocycles. The third kappa shape index (κ3) is 5.47. The number of hydrogen-bond donors (Lipinski definition) is 1. The van der Waals surface area contributed by atoms with Crippen molar-refractivity contribution >= 4 is 29.4 Å². The third-order valence-corrected chi connectivity index (χ3v) is 7.42. The largest absolute Gasteiger partial charge is 0.464 e. The minimum absolute atomic E-state index is 0.0461. The molecule has 0 radical (unpaired) electrons. The number of unbranched alkanes of at least 4 members (excludes halogenated alkanes) is 1. The van der Waals surface area contributed by atoms with Crippen LogP contribution in [0.3, 0.4) is 0 Å². The second kappa shape index (κ2) is 10.4. The van der Waals surface area contributed by atoms with E-state index in [1.807, 2.05) is 26.0 Å². The van der Waals surface area contributed by atoms with Gasteiger partial charge in [-0.15, -0.1) is 11.8 Å². The summed E-state index contributed by atoms with van der Waals surface area (Å²) in [6.45, 7) is 6.53. The van der Waals surface area contributed by atoms with Crippen molar-refractivity contribution < 1.29 is 14.3 Å². The summed E-state index contributed by atoms with van der Waals surface area (Å²) >= 11 is 1.74. The van der Waals surface area contributed by atoms with Crippen molar-refractivity contribution in [3.05, 3.63) is 29.3 Å². The fraction of sp³-hybridized carbons (Fsp3) is 0.652. The lowest BCUT2D eigenvalue weighted by atomic mass is 9.88. The minimum atomic E-state index is -0.505. The standard InChI is InChI=1S/C23H34N2O3S/c1-4-5-13-28-22(26)20-15-29-21(18-9-7-6-8-10-18)25(20)23(27)24-19-12-11-16(2)14-17(19)3/h11-12,14,18,20-21H,4-10,13,15H2,1-3H3,(H,24,27). The summed E-state index contributed by atoms with van der Waals surface area (Å²) in [6, 6.07) is 5.31. The smallest absolute Gasteiger partial charge is 0.329 e. The van der Waals surface area contributed by atoms with Gasteiger partial charge in [-0.05, 0) is 50.7 Å². The predicted octanol–water partition coefficient (Wildman–Crippen LogP) is 5.50. The molecule has 1 aliphatic heterocycles. The van der Waals surface area contributed by atoms with Crippen LogP contribution in [0.2, 0.25) is 0 Å². The van der Waals surface area contributed by atoms with Crippen LogP contribution in [-0.4, -0.2) is 40.7 Å². The molecule has 2 aliphatic rings. The van der Waals surface area contributed by atoms with Gasteiger partial charge >= 0.3 is 12.0 Å². The maximum atomic E-state index is 13.3. The van der Waals surface area contributed by atoms with Crippen molar-refractivity contribution in [3.63, 3.8) is 0 Å². The summed E-state index contributed by atoms with van der Waals surface area (Å²) < 4.78 is 5.50. The number of esters is 1. The summed E-state index contributed by atoms with van der Waals surface area (Å²) in [6.07, 6.45) is 7.77. The molecule has 0 spiro atoms. The molecule has 1 saturated carbocycles. The first-order valence-electron chi connectivity index (χ1n) is 11.0. The Hall–Kier alpha value is -1.69. The number of amides is 2. The van der Waals surface area contributed by atoms with E-state index in [2.05, 4.69) is 18.3 Å². The molecule has 1 heterocycles. The Morgan fingerprint density at radius 1 is 1.21 bits per heavy atom. The van der Waals surface area contributed by atoms with Crippen molar-refractivity contribution in [2.45, 2.75) is 77.1 Å². The van der Waals surface area contributed by atoms with Gasteiger partial charge in [0.1, 0.15) is 6.04 Å². The third-order valence-electron chi connectivity index (χ3n) is 5.96. The highest BCUT2D eigenvalue weighted by molar-refractivity contribution is 8.00. The molecule has 2 unspecified atom stereocenters. The lowest BCUT2D eigenvalue weighted by Crippen LogP contribution is -2.50. The number of thioether (sulfide) groups is 1. The molecule has 0 aromatic heterocycles. The lowest BCUT2D eigenvalue weighted by Gasteiger charge is -2.35. The van der Waals surface area contributed by atoms with Crippen molar-refractivity contribution in [2.75, 3.05) is 17.7 Å². The molecule has 160 valence electrons. The Morgan fingerprint density at radius 2 is 1.97 bits per heavy atom. The normalized spacial score (nSPS) is 22.5. The quantitative estimate of drug-likeness (QED) is 0.489. The Balaban J connectivity index is 1.77. The van der Waals surface area contributed by atoms with E-state index in [4.69, 9.17) is 4.74 Å². The average molecular weight is 419 g/mol. The van der Waals surface area contributed by atoms with Gasteiger partial charge in [0.05, 0.1) is 12.0 Å². The molecule has 3 rings (SSSR count). The number of carbonyl (C=O) groups is 2. The van der Waals surface area contributed by atoms with Gasteiger partial charge in [0.15, 0.2) is 0 Å². The first kappa shape index (κ1) is 22.0. The molecule has 6 heteroatoms. The summed E-state index contributed by atoms with van der Waals surface area (Å²) in [5.41, 5.74) is 2.99. The molecular weight excluding hydrogens is 384 g/mol. The topological polar surface area (TPSA) is 58.6 Å². The Morgan fingerprint density at radius 3 is 2.66 bits per heavy atom. The molecule has 5 nitrogen and oxygen atoms in total. The van der Waals surface area contributed by atoms with Gasteiger partial charge in [0.25, 0.3) is 0 Å². The molecule has 2 atom stereocenters. The van der Waals surface area contributed by atoms with Gasteiger partial charge in [-0.25, -0.2) is 9.59 Å². The summed E-state index contributed by atoms with van der Waals surface area (Å²) in [5, 5.41) is 3.11. The number of carbonyl (C=O) groups excluding carboxylic acids is 2. The zero-order chi connectivity index (χ0) is 20.8. The molecule has 2 amide bonds. The molecule has 1 aliphatic carbocycles. The van der Waals surface area contributed by atoms with Crippen LogP contribution in [0.5, 0.6) is 0 Å². The summed E-state index contributed by atoms with van der Waals surface area (Å²) in [7, 11) is 0. The van der Waals surface area contributed by atoms with E-state index in [0.717, 1.165) is 42.5 Å². The van der Waals surface area contributed by atoms with Crippen LogP contribution >= 0.6 is 11.8 Å². The van der Waals surface area contributed by atoms with E-state index < -0.39 is 6.04 Å². The number of aryl methyl sites for hydroxylation is 2. The van der Waals surface area contributed by atoms with Crippen molar-refractivity contribution in [3.8, 4) is 0 Å². The molecule has 1 aromatic carbocycles. The number of anilines is 1. The fourth-order valence-electron chi connectivity index (χ4n) is 4.30. The highest BCUT2D eigenvalue weighted by Gasteiger charge is 2.45. The monoisotopic (exact) mass is 418 g/mol. The van der Waals surface area contributed by atoms with E-state index in [1.165, 1.54) is 19.3 Å². The number of rotatable bonds is 6. The fourth-order valence-corrected chi connectivity index (χ4v) is 5.92. The van der Waals surface area contributed by atoms with E-state index in [9.17, 15) is 9.59 Å². The van der Waals surface area contributed by atoms with Crippen molar-refractivity contribution in [2.24, 2.45) is 5.92 Å². The highest BCUT2D eigenvalue weighted by atomic mass is 32.2. The zero-order valence-corrected chi connectivity index (χ0v) is 18.7. The minimum Gasteiger partial charge on any atom is -0.464 e. The van der Waals surface area contributed by atoms with E-state index in [0.29, 0.717) is 18.3 Å². The first-order valence-corrected chi connectivity index (χ1v) is 12.0. The van der Waals surface area contributed by atoms with E-state index >= 15 is 0 Å². The molecule has 29 heavy (non-hydrogen) atoms. The molecule has 1 N–H and O–H groups in total. The number of nitrogens with one attached hydrogen (secondary N) is 1. The van der Waals surface area contributed by atoms with E-state index in [-0.39, 0.29) is 17.4 Å². The second-order valence-corrected chi connectivity index (χ2v) is 9.46. The number of nitrogens with zero attached hydrogens (tertiary/aromatic N) is 1. The molecule has 0 bridgehead atoms. The van der Waals surface area contributed by atoms with Crippen molar-refractivity contribution in [1.29, 1.82) is 0 Å². The number of benzene rings is 1. The highest BCUT2D eigenvalue weighted by Crippen LogP contribution is 2.41. The van der Waals surface area contributed by atoms with Gasteiger partial charge < -0.3 is 10.1 Å². The molecular formula is C23H34N2O3S. The van der Waals surface area contributed by atoms with E-state index in [1.54, 1.807) is 16.7 Å². The van der Waals surface area contributed by atoms with Crippen LogP contribution in [0.4, 0.5) is 10.5 Å². The van der Waals surface area contributed by atoms with Gasteiger partial charge in [-0.2, -0.15) is 0 Å². The Labute approximate surface area is 178 Å². The SMILES string of the molecule is CCCCOC(=O)C1CSC(C2CCCCC2)N1C(=O)Nc1ccc(C)cc1C.